The van der Waals surface area contributed by atoms with Crippen LogP contribution in [0, 0.1) is 6.92 Å². The number of aromatic hydroxyl groups is 8. The molecule has 0 aliphatic heterocycles. The molecule has 14 heteroatoms. The molecule has 0 aromatic heterocycles. The Kier molecular flexibility index (Phi) is 17.2. The number of phenolic OH excluding ortho intramolecular Hbond substituents is 8. The van der Waals surface area contributed by atoms with Crippen LogP contribution < -0.4 is 14.2 Å². The zero-order chi connectivity index (χ0) is 46.2. The zero-order valence-electron chi connectivity index (χ0n) is 35.2. The molecular weight excluding hydrogens is 813 g/mol. The lowest BCUT2D eigenvalue weighted by Gasteiger charge is -2.15. The highest BCUT2D eigenvalue weighted by atomic mass is 16.6. The predicted octanol–water partition coefficient (Wildman–Crippen LogP) is 8.14. The van der Waals surface area contributed by atoms with E-state index in [0.717, 1.165) is 39.8 Å². The minimum Gasteiger partial charge on any atom is -0.508 e. The fourth-order valence-electron chi connectivity index (χ4n) is 6.04. The van der Waals surface area contributed by atoms with Crippen LogP contribution in [0.25, 0.3) is 0 Å². The van der Waals surface area contributed by atoms with Crippen molar-refractivity contribution in [2.75, 3.05) is 0 Å². The Morgan fingerprint density at radius 2 is 0.651 bits per heavy atom. The molecule has 0 aliphatic carbocycles. The molecule has 0 aliphatic rings. The zero-order valence-corrected chi connectivity index (χ0v) is 35.2. The smallest absolute Gasteiger partial charge is 0.308 e. The lowest BCUT2D eigenvalue weighted by molar-refractivity contribution is -0.135. The number of hydrogen-bond acceptors (Lipinski definition) is 14. The van der Waals surface area contributed by atoms with Gasteiger partial charge in [0.25, 0.3) is 0 Å². The normalized spacial score (nSPS) is 10.3. The first kappa shape index (κ1) is 47.8. The first-order valence-electron chi connectivity index (χ1n) is 19.7. The molecule has 8 N–H and O–H groups in total. The summed E-state index contributed by atoms with van der Waals surface area (Å²) in [6.07, 6.45) is 4.02. The molecule has 0 spiro atoms. The van der Waals surface area contributed by atoms with Crippen LogP contribution in [-0.4, -0.2) is 58.8 Å². The predicted molar refractivity (Wildman–Crippen MR) is 233 cm³/mol. The van der Waals surface area contributed by atoms with Gasteiger partial charge in [-0.05, 0) is 139 Å². The molecule has 6 aromatic carbocycles. The molecule has 63 heavy (non-hydrogen) atoms. The van der Waals surface area contributed by atoms with E-state index in [-0.39, 0.29) is 51.7 Å². The van der Waals surface area contributed by atoms with Gasteiger partial charge in [0.15, 0.2) is 46.0 Å². The highest BCUT2D eigenvalue weighted by molar-refractivity contribution is 5.78. The van der Waals surface area contributed by atoms with Crippen molar-refractivity contribution < 1.29 is 69.4 Å². The molecule has 0 saturated carbocycles. The van der Waals surface area contributed by atoms with Crippen LogP contribution in [0.5, 0.6) is 63.2 Å². The van der Waals surface area contributed by atoms with Gasteiger partial charge in [0, 0.05) is 20.8 Å². The second-order valence-corrected chi connectivity index (χ2v) is 14.5. The SMILES string of the molecule is CC(=O)Oc1cc(CCc2ccc(C)cc2)cc(OC(C)=O)c1OC(C)=O.Oc1ccc(CCc2cc(O)c(O)c(O)c2)cc1.Oc1ccc(CCc2cc(O)c(O)c(O)c2)cc1. The molecule has 0 fully saturated rings. The average molecular weight is 863 g/mol. The lowest BCUT2D eigenvalue weighted by Crippen LogP contribution is -2.11. The van der Waals surface area contributed by atoms with E-state index in [1.165, 1.54) is 50.6 Å². The van der Waals surface area contributed by atoms with E-state index < -0.39 is 29.4 Å². The highest BCUT2D eigenvalue weighted by Gasteiger charge is 2.20. The number of hydrogen-bond donors (Lipinski definition) is 8. The van der Waals surface area contributed by atoms with Gasteiger partial charge < -0.3 is 55.1 Å². The third-order valence-electron chi connectivity index (χ3n) is 9.19. The van der Waals surface area contributed by atoms with Crippen molar-refractivity contribution in [2.45, 2.75) is 66.2 Å². The molecular formula is C49H50O14. The summed E-state index contributed by atoms with van der Waals surface area (Å²) in [4.78, 5) is 34.3. The third-order valence-corrected chi connectivity index (χ3v) is 9.19. The van der Waals surface area contributed by atoms with Crippen molar-refractivity contribution in [1.29, 1.82) is 0 Å². The van der Waals surface area contributed by atoms with Gasteiger partial charge in [-0.15, -0.1) is 0 Å². The number of esters is 3. The van der Waals surface area contributed by atoms with E-state index in [9.17, 15) is 45.0 Å². The molecule has 0 radical (unpaired) electrons. The quantitative estimate of drug-likeness (QED) is 0.0329. The van der Waals surface area contributed by atoms with Crippen LogP contribution in [0.2, 0.25) is 0 Å². The second kappa shape index (κ2) is 22.7. The third kappa shape index (κ3) is 15.6. The Labute approximate surface area is 364 Å². The first-order chi connectivity index (χ1) is 29.9. The first-order valence-corrected chi connectivity index (χ1v) is 19.7. The molecule has 14 nitrogen and oxygen atoms in total. The van der Waals surface area contributed by atoms with Gasteiger partial charge in [0.2, 0.25) is 5.75 Å². The molecule has 0 saturated heterocycles. The van der Waals surface area contributed by atoms with Gasteiger partial charge >= 0.3 is 17.9 Å². The van der Waals surface area contributed by atoms with Crippen molar-refractivity contribution in [3.05, 3.63) is 148 Å². The number of carbonyl (C=O) groups is 3. The monoisotopic (exact) mass is 862 g/mol. The highest BCUT2D eigenvalue weighted by Crippen LogP contribution is 2.40. The summed E-state index contributed by atoms with van der Waals surface area (Å²) < 4.78 is 15.5. The summed E-state index contributed by atoms with van der Waals surface area (Å²) in [6.45, 7) is 5.71. The van der Waals surface area contributed by atoms with Gasteiger partial charge in [-0.1, -0.05) is 54.1 Å². The number of phenols is 8. The fraction of sp³-hybridized carbons (Fsp3) is 0.204. The minimum atomic E-state index is -0.621. The molecule has 6 rings (SSSR count). The largest absolute Gasteiger partial charge is 0.508 e. The Hall–Kier alpha value is -7.87. The molecule has 0 atom stereocenters. The number of carbonyl (C=O) groups excluding carboxylic acids is 3. The summed E-state index contributed by atoms with van der Waals surface area (Å²) in [5, 5.41) is 74.2. The van der Waals surface area contributed by atoms with E-state index in [1.54, 1.807) is 36.4 Å². The Balaban J connectivity index is 0.000000214. The summed E-state index contributed by atoms with van der Waals surface area (Å²) in [5.74, 6) is -3.63. The molecule has 0 heterocycles. The van der Waals surface area contributed by atoms with Gasteiger partial charge in [-0.2, -0.15) is 0 Å². The van der Waals surface area contributed by atoms with Crippen LogP contribution in [0.15, 0.2) is 109 Å². The van der Waals surface area contributed by atoms with Gasteiger partial charge in [-0.25, -0.2) is 0 Å². The van der Waals surface area contributed by atoms with Crippen LogP contribution in [0.1, 0.15) is 59.7 Å². The number of benzene rings is 6. The van der Waals surface area contributed by atoms with Crippen molar-refractivity contribution in [3.63, 3.8) is 0 Å². The minimum absolute atomic E-state index is 0.0374. The Bertz CT molecular complexity index is 2310. The number of aryl methyl sites for hydroxylation is 7. The summed E-state index contributed by atoms with van der Waals surface area (Å²) >= 11 is 0. The van der Waals surface area contributed by atoms with Crippen molar-refractivity contribution in [1.82, 2.24) is 0 Å². The fourth-order valence-corrected chi connectivity index (χ4v) is 6.04. The summed E-state index contributed by atoms with van der Waals surface area (Å²) in [6, 6.07) is 30.8. The second-order valence-electron chi connectivity index (χ2n) is 14.5. The van der Waals surface area contributed by atoms with Crippen LogP contribution >= 0.6 is 0 Å². The Morgan fingerprint density at radius 3 is 0.952 bits per heavy atom. The van der Waals surface area contributed by atoms with Crippen molar-refractivity contribution in [2.24, 2.45) is 0 Å². The average Bonchev–Trinajstić information content (AvgIpc) is 3.22. The molecule has 6 aromatic rings. The standard InChI is InChI=1S/C21H22O6.2C14H14O4/c1-13-5-7-17(8-6-13)9-10-18-11-19(25-14(2)22)21(27-16(4)24)20(12-18)26-15(3)23;2*15-11-5-3-9(4-6-11)1-2-10-7-12(16)14(18)13(17)8-10/h5-8,11-12H,9-10H2,1-4H3;2*3-8,15-18H,1-2H2. The summed E-state index contributed by atoms with van der Waals surface area (Å²) in [5.41, 5.74) is 6.65. The van der Waals surface area contributed by atoms with Gasteiger partial charge in [0.1, 0.15) is 11.5 Å². The van der Waals surface area contributed by atoms with Gasteiger partial charge in [0.05, 0.1) is 0 Å². The van der Waals surface area contributed by atoms with Crippen LogP contribution in [-0.2, 0) is 52.9 Å². The molecule has 0 bridgehead atoms. The van der Waals surface area contributed by atoms with Crippen LogP contribution in [0.3, 0.4) is 0 Å². The van der Waals surface area contributed by atoms with E-state index in [1.807, 2.05) is 55.5 Å². The van der Waals surface area contributed by atoms with E-state index in [0.29, 0.717) is 32.1 Å². The number of ether oxygens (including phenoxy) is 3. The number of rotatable bonds is 12. The maximum absolute atomic E-state index is 11.4. The molecule has 0 unspecified atom stereocenters. The van der Waals surface area contributed by atoms with Crippen molar-refractivity contribution >= 4 is 17.9 Å². The van der Waals surface area contributed by atoms with Crippen LogP contribution in [0.4, 0.5) is 0 Å². The van der Waals surface area contributed by atoms with E-state index >= 15 is 0 Å². The van der Waals surface area contributed by atoms with Gasteiger partial charge in [-0.3, -0.25) is 14.4 Å². The maximum Gasteiger partial charge on any atom is 0.308 e. The topological polar surface area (TPSA) is 241 Å². The van der Waals surface area contributed by atoms with Crippen molar-refractivity contribution in [3.8, 4) is 63.2 Å². The molecule has 330 valence electrons. The summed E-state index contributed by atoms with van der Waals surface area (Å²) in [7, 11) is 0. The maximum atomic E-state index is 11.4. The Morgan fingerprint density at radius 1 is 0.381 bits per heavy atom. The molecule has 0 amide bonds. The lowest BCUT2D eigenvalue weighted by atomic mass is 10.0. The van der Waals surface area contributed by atoms with E-state index in [2.05, 4.69) is 0 Å². The van der Waals surface area contributed by atoms with E-state index in [4.69, 9.17) is 24.4 Å².